The van der Waals surface area contributed by atoms with Crippen LogP contribution in [0.4, 0.5) is 5.82 Å². The number of carboxylic acids is 1. The largest absolute Gasteiger partial charge is 0.481 e. The zero-order chi connectivity index (χ0) is 14.8. The van der Waals surface area contributed by atoms with E-state index < -0.39 is 12.6 Å². The lowest BCUT2D eigenvalue weighted by Gasteiger charge is -2.10. The van der Waals surface area contributed by atoms with Crippen molar-refractivity contribution in [3.8, 4) is 17.0 Å². The third kappa shape index (κ3) is 2.36. The summed E-state index contributed by atoms with van der Waals surface area (Å²) in [6, 6.07) is 11.0. The number of hydrogen-bond donors (Lipinski definition) is 3. The van der Waals surface area contributed by atoms with Crippen molar-refractivity contribution in [1.82, 2.24) is 15.4 Å². The van der Waals surface area contributed by atoms with Crippen molar-refractivity contribution in [1.29, 1.82) is 0 Å². The number of nitrogens with one attached hydrogen (secondary N) is 1. The number of aliphatic carboxylic acids is 1. The lowest BCUT2D eigenvalue weighted by molar-refractivity contribution is -0.139. The third-order valence-corrected chi connectivity index (χ3v) is 3.07. The van der Waals surface area contributed by atoms with Crippen LogP contribution < -0.4 is 10.5 Å². The maximum absolute atomic E-state index is 10.6. The van der Waals surface area contributed by atoms with E-state index >= 15 is 0 Å². The second-order valence-corrected chi connectivity index (χ2v) is 4.41. The molecule has 0 aliphatic rings. The highest BCUT2D eigenvalue weighted by Gasteiger charge is 2.13. The van der Waals surface area contributed by atoms with E-state index in [1.165, 1.54) is 0 Å². The fraction of sp³-hybridized carbons (Fsp3) is 0.0714. The zero-order valence-corrected chi connectivity index (χ0v) is 10.9. The van der Waals surface area contributed by atoms with Crippen molar-refractivity contribution in [2.75, 3.05) is 12.3 Å². The Hall–Kier alpha value is -3.09. The molecule has 1 heterocycles. The molecule has 0 saturated carbocycles. The van der Waals surface area contributed by atoms with Gasteiger partial charge in [-0.2, -0.15) is 0 Å². The molecule has 0 fully saturated rings. The first-order valence-electron chi connectivity index (χ1n) is 6.20. The van der Waals surface area contributed by atoms with Crippen LogP contribution in [0.5, 0.6) is 5.75 Å². The minimum atomic E-state index is -1.02. The molecule has 0 spiro atoms. The van der Waals surface area contributed by atoms with E-state index in [-0.39, 0.29) is 0 Å². The SMILES string of the molecule is Nc1[nH]nnc1-c1ccc(OCC(=O)O)c2ccccc12. The number of H-pyrrole nitrogens is 1. The molecule has 0 unspecified atom stereocenters. The van der Waals surface area contributed by atoms with Crippen LogP contribution in [0.1, 0.15) is 0 Å². The highest BCUT2D eigenvalue weighted by atomic mass is 16.5. The summed E-state index contributed by atoms with van der Waals surface area (Å²) in [5.41, 5.74) is 7.17. The molecular weight excluding hydrogens is 272 g/mol. The van der Waals surface area contributed by atoms with Crippen molar-refractivity contribution < 1.29 is 14.6 Å². The van der Waals surface area contributed by atoms with E-state index in [4.69, 9.17) is 15.6 Å². The van der Waals surface area contributed by atoms with Crippen molar-refractivity contribution in [3.63, 3.8) is 0 Å². The minimum absolute atomic E-state index is 0.374. The highest BCUT2D eigenvalue weighted by molar-refractivity contribution is 6.00. The molecule has 4 N–H and O–H groups in total. The summed E-state index contributed by atoms with van der Waals surface area (Å²) in [5, 5.41) is 20.6. The second-order valence-electron chi connectivity index (χ2n) is 4.41. The number of ether oxygens (including phenoxy) is 1. The van der Waals surface area contributed by atoms with Crippen LogP contribution in [0.15, 0.2) is 36.4 Å². The van der Waals surface area contributed by atoms with E-state index in [2.05, 4.69) is 15.4 Å². The Kier molecular flexibility index (Phi) is 3.15. The number of nitrogens with two attached hydrogens (primary N) is 1. The van der Waals surface area contributed by atoms with Gasteiger partial charge in [0.05, 0.1) is 0 Å². The fourth-order valence-corrected chi connectivity index (χ4v) is 2.18. The first-order chi connectivity index (χ1) is 10.2. The van der Waals surface area contributed by atoms with Gasteiger partial charge in [0.1, 0.15) is 17.3 Å². The molecule has 0 amide bonds. The van der Waals surface area contributed by atoms with Crippen molar-refractivity contribution >= 4 is 22.6 Å². The molecule has 0 saturated heterocycles. The Morgan fingerprint density at radius 1 is 1.24 bits per heavy atom. The minimum Gasteiger partial charge on any atom is -0.481 e. The van der Waals surface area contributed by atoms with Crippen LogP contribution in [0.3, 0.4) is 0 Å². The normalized spacial score (nSPS) is 10.7. The molecule has 7 heteroatoms. The van der Waals surface area contributed by atoms with Crippen LogP contribution in [-0.2, 0) is 4.79 Å². The molecule has 2 aromatic carbocycles. The number of hydrogen-bond acceptors (Lipinski definition) is 5. The predicted octanol–water partition coefficient (Wildman–Crippen LogP) is 1.67. The molecule has 106 valence electrons. The maximum Gasteiger partial charge on any atom is 0.341 e. The van der Waals surface area contributed by atoms with Gasteiger partial charge >= 0.3 is 5.97 Å². The Balaban J connectivity index is 2.15. The predicted molar refractivity (Wildman–Crippen MR) is 76.9 cm³/mol. The van der Waals surface area contributed by atoms with Gasteiger partial charge in [0.15, 0.2) is 6.61 Å². The number of nitrogen functional groups attached to an aromatic ring is 1. The fourth-order valence-electron chi connectivity index (χ4n) is 2.18. The van der Waals surface area contributed by atoms with Crippen LogP contribution in [-0.4, -0.2) is 33.1 Å². The van der Waals surface area contributed by atoms with Gasteiger partial charge < -0.3 is 15.6 Å². The van der Waals surface area contributed by atoms with Gasteiger partial charge in [-0.15, -0.1) is 5.10 Å². The summed E-state index contributed by atoms with van der Waals surface area (Å²) in [4.78, 5) is 10.6. The summed E-state index contributed by atoms with van der Waals surface area (Å²) >= 11 is 0. The number of benzene rings is 2. The van der Waals surface area contributed by atoms with Crippen LogP contribution in [0.2, 0.25) is 0 Å². The molecule has 3 aromatic rings. The van der Waals surface area contributed by atoms with Gasteiger partial charge in [-0.1, -0.05) is 29.5 Å². The first-order valence-corrected chi connectivity index (χ1v) is 6.20. The molecule has 0 atom stereocenters. The molecule has 21 heavy (non-hydrogen) atoms. The van der Waals surface area contributed by atoms with Gasteiger partial charge in [0.25, 0.3) is 0 Å². The number of aromatic nitrogens is 3. The van der Waals surface area contributed by atoms with Crippen LogP contribution >= 0.6 is 0 Å². The Labute approximate surface area is 119 Å². The molecule has 1 aromatic heterocycles. The topological polar surface area (TPSA) is 114 Å². The summed E-state index contributed by atoms with van der Waals surface area (Å²) < 4.78 is 5.31. The number of carbonyl (C=O) groups is 1. The van der Waals surface area contributed by atoms with E-state index in [0.717, 1.165) is 16.3 Å². The zero-order valence-electron chi connectivity index (χ0n) is 10.9. The monoisotopic (exact) mass is 284 g/mol. The molecule has 3 rings (SSSR count). The summed E-state index contributed by atoms with van der Waals surface area (Å²) in [6.45, 7) is -0.393. The Morgan fingerprint density at radius 3 is 2.67 bits per heavy atom. The quantitative estimate of drug-likeness (QED) is 0.671. The van der Waals surface area contributed by atoms with Crippen LogP contribution in [0.25, 0.3) is 22.0 Å². The summed E-state index contributed by atoms with van der Waals surface area (Å²) in [6.07, 6.45) is 0. The van der Waals surface area contributed by atoms with Gasteiger partial charge in [-0.05, 0) is 17.5 Å². The standard InChI is InChI=1S/C14H12N4O3/c15-14-13(16-18-17-14)10-5-6-11(21-7-12(19)20)9-4-2-1-3-8(9)10/h1-6H,7H2,(H,19,20)(H3,15,16,17,18). The number of aromatic amines is 1. The molecule has 0 aliphatic carbocycles. The number of anilines is 1. The van der Waals surface area contributed by atoms with Crippen LogP contribution in [0, 0.1) is 0 Å². The van der Waals surface area contributed by atoms with Gasteiger partial charge in [-0.25, -0.2) is 9.89 Å². The van der Waals surface area contributed by atoms with E-state index in [1.807, 2.05) is 24.3 Å². The average Bonchev–Trinajstić information content (AvgIpc) is 2.90. The van der Waals surface area contributed by atoms with E-state index in [9.17, 15) is 4.79 Å². The van der Waals surface area contributed by atoms with Crippen molar-refractivity contribution in [2.24, 2.45) is 0 Å². The third-order valence-electron chi connectivity index (χ3n) is 3.07. The molecular formula is C14H12N4O3. The molecule has 0 radical (unpaired) electrons. The number of rotatable bonds is 4. The summed E-state index contributed by atoms with van der Waals surface area (Å²) in [5.74, 6) is -0.151. The van der Waals surface area contributed by atoms with Gasteiger partial charge in [0.2, 0.25) is 0 Å². The number of nitrogens with zero attached hydrogens (tertiary/aromatic N) is 2. The van der Waals surface area contributed by atoms with Gasteiger partial charge in [-0.3, -0.25) is 0 Å². The maximum atomic E-state index is 10.6. The van der Waals surface area contributed by atoms with Crippen molar-refractivity contribution in [2.45, 2.75) is 0 Å². The lowest BCUT2D eigenvalue weighted by atomic mass is 10.0. The van der Waals surface area contributed by atoms with Gasteiger partial charge in [0, 0.05) is 10.9 Å². The number of fused-ring (bicyclic) bond motifs is 1. The summed E-state index contributed by atoms with van der Waals surface area (Å²) in [7, 11) is 0. The van der Waals surface area contributed by atoms with Crippen molar-refractivity contribution in [3.05, 3.63) is 36.4 Å². The number of carboxylic acid groups (broad SMARTS) is 1. The molecule has 7 nitrogen and oxygen atoms in total. The first kappa shape index (κ1) is 12.9. The molecule has 0 aliphatic heterocycles. The molecule has 0 bridgehead atoms. The second kappa shape index (κ2) is 5.12. The Morgan fingerprint density at radius 2 is 2.00 bits per heavy atom. The average molecular weight is 284 g/mol. The lowest BCUT2D eigenvalue weighted by Crippen LogP contribution is -2.09. The Bertz CT molecular complexity index is 813. The smallest absolute Gasteiger partial charge is 0.341 e. The van der Waals surface area contributed by atoms with E-state index in [1.54, 1.807) is 12.1 Å². The highest BCUT2D eigenvalue weighted by Crippen LogP contribution is 2.34. The van der Waals surface area contributed by atoms with E-state index in [0.29, 0.717) is 17.3 Å².